The normalized spacial score (nSPS) is 12.2. The standard InChI is InChI=1S/C33H34Cl2N4O6S2/c1-23(37-33(41)27-10-18-31(19-11-27)39(47(3,44)45)22-25-6-14-29(35)15-7-25)20-36-32(40)26-8-16-30(17-9-26)38(46(2,42)43)21-24-4-12-28(34)13-5-24/h4-19,23H,20-22H2,1-3H3,(H,36,40)(H,37,41)/t23-/m1/s1. The molecule has 0 aliphatic carbocycles. The molecule has 2 N–H and O–H groups in total. The number of nitrogens with one attached hydrogen (secondary N) is 2. The Morgan fingerprint density at radius 3 is 1.34 bits per heavy atom. The van der Waals surface area contributed by atoms with Gasteiger partial charge in [0.15, 0.2) is 0 Å². The minimum absolute atomic E-state index is 0.0976. The smallest absolute Gasteiger partial charge is 0.251 e. The van der Waals surface area contributed by atoms with E-state index in [1.807, 2.05) is 0 Å². The van der Waals surface area contributed by atoms with E-state index in [1.54, 1.807) is 79.7 Å². The molecule has 0 saturated heterocycles. The van der Waals surface area contributed by atoms with Crippen molar-refractivity contribution in [2.24, 2.45) is 0 Å². The second kappa shape index (κ2) is 15.2. The van der Waals surface area contributed by atoms with Gasteiger partial charge in [-0.15, -0.1) is 0 Å². The molecule has 0 aliphatic heterocycles. The summed E-state index contributed by atoms with van der Waals surface area (Å²) in [7, 11) is -7.23. The molecule has 0 unspecified atom stereocenters. The van der Waals surface area contributed by atoms with E-state index in [9.17, 15) is 26.4 Å². The topological polar surface area (TPSA) is 133 Å². The highest BCUT2D eigenvalue weighted by Gasteiger charge is 2.20. The number of anilines is 2. The van der Waals surface area contributed by atoms with Crippen LogP contribution in [-0.4, -0.2) is 53.7 Å². The Morgan fingerprint density at radius 1 is 0.617 bits per heavy atom. The van der Waals surface area contributed by atoms with Crippen molar-refractivity contribution in [2.75, 3.05) is 27.7 Å². The summed E-state index contributed by atoms with van der Waals surface area (Å²) in [6.45, 7) is 2.05. The maximum absolute atomic E-state index is 12.9. The first-order chi connectivity index (χ1) is 22.1. The summed E-state index contributed by atoms with van der Waals surface area (Å²) in [4.78, 5) is 25.7. The molecule has 14 heteroatoms. The van der Waals surface area contributed by atoms with Crippen LogP contribution in [0.2, 0.25) is 10.0 Å². The number of halogens is 2. The van der Waals surface area contributed by atoms with Crippen LogP contribution in [0.3, 0.4) is 0 Å². The van der Waals surface area contributed by atoms with Crippen molar-refractivity contribution in [3.63, 3.8) is 0 Å². The van der Waals surface area contributed by atoms with Crippen molar-refractivity contribution < 1.29 is 26.4 Å². The first-order valence-electron chi connectivity index (χ1n) is 14.3. The van der Waals surface area contributed by atoms with E-state index in [1.165, 1.54) is 32.9 Å². The Kier molecular flexibility index (Phi) is 11.6. The molecule has 0 bridgehead atoms. The third-order valence-electron chi connectivity index (χ3n) is 7.06. The summed E-state index contributed by atoms with van der Waals surface area (Å²) >= 11 is 11.9. The van der Waals surface area contributed by atoms with Crippen LogP contribution in [-0.2, 0) is 33.1 Å². The van der Waals surface area contributed by atoms with Crippen LogP contribution in [0.25, 0.3) is 0 Å². The Labute approximate surface area is 285 Å². The monoisotopic (exact) mass is 716 g/mol. The van der Waals surface area contributed by atoms with Gasteiger partial charge >= 0.3 is 0 Å². The highest BCUT2D eigenvalue weighted by atomic mass is 35.5. The first kappa shape index (κ1) is 35.7. The molecule has 0 aromatic heterocycles. The van der Waals surface area contributed by atoms with E-state index in [2.05, 4.69) is 10.6 Å². The number of benzene rings is 4. The van der Waals surface area contributed by atoms with Gasteiger partial charge in [-0.05, 0) is 90.8 Å². The maximum atomic E-state index is 12.9. The van der Waals surface area contributed by atoms with E-state index >= 15 is 0 Å². The Morgan fingerprint density at radius 2 is 0.979 bits per heavy atom. The summed E-state index contributed by atoms with van der Waals surface area (Å²) in [5.74, 6) is -0.792. The summed E-state index contributed by atoms with van der Waals surface area (Å²) in [6.07, 6.45) is 2.22. The molecule has 0 fully saturated rings. The number of carbonyl (C=O) groups is 2. The van der Waals surface area contributed by atoms with Gasteiger partial charge in [0.25, 0.3) is 11.8 Å². The van der Waals surface area contributed by atoms with Crippen molar-refractivity contribution in [2.45, 2.75) is 26.1 Å². The van der Waals surface area contributed by atoms with Crippen LogP contribution in [0, 0.1) is 0 Å². The average molecular weight is 718 g/mol. The quantitative estimate of drug-likeness (QED) is 0.189. The molecule has 1 atom stereocenters. The fourth-order valence-corrected chi connectivity index (χ4v) is 6.60. The molecule has 0 aliphatic rings. The third-order valence-corrected chi connectivity index (χ3v) is 9.85. The zero-order valence-corrected chi connectivity index (χ0v) is 29.0. The van der Waals surface area contributed by atoms with Crippen LogP contribution in [0.1, 0.15) is 38.8 Å². The van der Waals surface area contributed by atoms with Gasteiger partial charge in [-0.3, -0.25) is 18.2 Å². The molecule has 4 rings (SSSR count). The summed E-state index contributed by atoms with van der Waals surface area (Å²) in [5.41, 5.74) is 2.93. The van der Waals surface area contributed by atoms with Crippen LogP contribution >= 0.6 is 23.2 Å². The van der Waals surface area contributed by atoms with Gasteiger partial charge < -0.3 is 10.6 Å². The predicted octanol–water partition coefficient (Wildman–Crippen LogP) is 5.47. The molecule has 248 valence electrons. The predicted molar refractivity (Wildman–Crippen MR) is 187 cm³/mol. The molecule has 2 amide bonds. The molecule has 4 aromatic rings. The average Bonchev–Trinajstić information content (AvgIpc) is 3.02. The second-order valence-electron chi connectivity index (χ2n) is 11.0. The minimum atomic E-state index is -3.62. The molecular weight excluding hydrogens is 683 g/mol. The van der Waals surface area contributed by atoms with Crippen LogP contribution < -0.4 is 19.2 Å². The van der Waals surface area contributed by atoms with E-state index < -0.39 is 37.9 Å². The molecule has 0 radical (unpaired) electrons. The lowest BCUT2D eigenvalue weighted by atomic mass is 10.1. The molecule has 10 nitrogen and oxygen atoms in total. The molecule has 0 heterocycles. The van der Waals surface area contributed by atoms with Gasteiger partial charge in [0.05, 0.1) is 37.0 Å². The highest BCUT2D eigenvalue weighted by Crippen LogP contribution is 2.24. The van der Waals surface area contributed by atoms with E-state index in [0.29, 0.717) is 32.5 Å². The van der Waals surface area contributed by atoms with Crippen molar-refractivity contribution in [1.29, 1.82) is 0 Å². The summed E-state index contributed by atoms with van der Waals surface area (Å²) in [6, 6.07) is 25.6. The first-order valence-corrected chi connectivity index (χ1v) is 18.8. The highest BCUT2D eigenvalue weighted by molar-refractivity contribution is 7.92. The van der Waals surface area contributed by atoms with Gasteiger partial charge in [-0.25, -0.2) is 16.8 Å². The van der Waals surface area contributed by atoms with E-state index in [4.69, 9.17) is 23.2 Å². The van der Waals surface area contributed by atoms with Crippen molar-refractivity contribution in [1.82, 2.24) is 10.6 Å². The number of hydrogen-bond acceptors (Lipinski definition) is 6. The minimum Gasteiger partial charge on any atom is -0.350 e. The fraction of sp³-hybridized carbons (Fsp3) is 0.212. The van der Waals surface area contributed by atoms with E-state index in [0.717, 1.165) is 23.6 Å². The van der Waals surface area contributed by atoms with Gasteiger partial charge in [-0.2, -0.15) is 0 Å². The number of amides is 2. The lowest BCUT2D eigenvalue weighted by Crippen LogP contribution is -2.41. The van der Waals surface area contributed by atoms with Crippen LogP contribution in [0.15, 0.2) is 97.1 Å². The van der Waals surface area contributed by atoms with Gasteiger partial charge in [0, 0.05) is 33.8 Å². The van der Waals surface area contributed by atoms with Crippen LogP contribution in [0.5, 0.6) is 0 Å². The number of nitrogens with zero attached hydrogens (tertiary/aromatic N) is 2. The van der Waals surface area contributed by atoms with E-state index in [-0.39, 0.29) is 19.6 Å². The van der Waals surface area contributed by atoms with Crippen molar-refractivity contribution in [3.05, 3.63) is 129 Å². The second-order valence-corrected chi connectivity index (χ2v) is 15.7. The fourth-order valence-electron chi connectivity index (χ4n) is 4.58. The van der Waals surface area contributed by atoms with Crippen molar-refractivity contribution in [3.8, 4) is 0 Å². The number of hydrogen-bond donors (Lipinski definition) is 2. The lowest BCUT2D eigenvalue weighted by molar-refractivity contribution is 0.0912. The molecule has 4 aromatic carbocycles. The van der Waals surface area contributed by atoms with Gasteiger partial charge in [0.2, 0.25) is 20.0 Å². The Hall–Kier alpha value is -4.10. The van der Waals surface area contributed by atoms with Gasteiger partial charge in [0.1, 0.15) is 0 Å². The van der Waals surface area contributed by atoms with Crippen LogP contribution in [0.4, 0.5) is 11.4 Å². The molecule has 47 heavy (non-hydrogen) atoms. The third kappa shape index (κ3) is 10.2. The van der Waals surface area contributed by atoms with Crippen molar-refractivity contribution >= 4 is 66.4 Å². The number of rotatable bonds is 13. The SMILES string of the molecule is C[C@H](CNC(=O)c1ccc(N(Cc2ccc(Cl)cc2)S(C)(=O)=O)cc1)NC(=O)c1ccc(N(Cc2ccc(Cl)cc2)S(C)(=O)=O)cc1. The lowest BCUT2D eigenvalue weighted by Gasteiger charge is -2.23. The zero-order chi connectivity index (χ0) is 34.4. The molecule has 0 spiro atoms. The number of sulfonamides is 2. The largest absolute Gasteiger partial charge is 0.350 e. The zero-order valence-electron chi connectivity index (χ0n) is 25.9. The molecular formula is C33H34Cl2N4O6S2. The Balaban J connectivity index is 1.33. The number of carbonyl (C=O) groups excluding carboxylic acids is 2. The van der Waals surface area contributed by atoms with Gasteiger partial charge in [-0.1, -0.05) is 47.5 Å². The molecule has 0 saturated carbocycles. The summed E-state index contributed by atoms with van der Waals surface area (Å²) < 4.78 is 52.5. The summed E-state index contributed by atoms with van der Waals surface area (Å²) in [5, 5.41) is 6.67. The maximum Gasteiger partial charge on any atom is 0.251 e. The Bertz CT molecular complexity index is 1920.